The first kappa shape index (κ1) is 16.3. The standard InChI is InChI=1S/C19H19N5O2/c20-17(25)14-7-10-23(11-8-14)19(26)15-12-22-24-16(6-9-21-18(15)24)13-4-2-1-3-5-13/h1-6,9,12,14H,7-8,10-11H2,(H2,20,25). The van der Waals surface area contributed by atoms with Crippen molar-refractivity contribution in [3.63, 3.8) is 0 Å². The van der Waals surface area contributed by atoms with Gasteiger partial charge < -0.3 is 10.6 Å². The van der Waals surface area contributed by atoms with Crippen molar-refractivity contribution in [2.75, 3.05) is 13.1 Å². The second-order valence-corrected chi connectivity index (χ2v) is 6.46. The molecule has 0 aliphatic carbocycles. The summed E-state index contributed by atoms with van der Waals surface area (Å²) in [5.74, 6) is -0.548. The minimum Gasteiger partial charge on any atom is -0.369 e. The number of carbonyl (C=O) groups excluding carboxylic acids is 2. The van der Waals surface area contributed by atoms with Crippen molar-refractivity contribution >= 4 is 17.5 Å². The van der Waals surface area contributed by atoms with Gasteiger partial charge in [-0.3, -0.25) is 9.59 Å². The van der Waals surface area contributed by atoms with E-state index in [4.69, 9.17) is 5.73 Å². The van der Waals surface area contributed by atoms with Crippen LogP contribution < -0.4 is 5.73 Å². The van der Waals surface area contributed by atoms with Crippen molar-refractivity contribution < 1.29 is 9.59 Å². The first-order valence-corrected chi connectivity index (χ1v) is 8.62. The molecule has 26 heavy (non-hydrogen) atoms. The molecule has 3 heterocycles. The minimum atomic E-state index is -0.290. The van der Waals surface area contributed by atoms with Gasteiger partial charge in [-0.1, -0.05) is 30.3 Å². The molecule has 1 fully saturated rings. The second kappa shape index (κ2) is 6.59. The Morgan fingerprint density at radius 2 is 1.81 bits per heavy atom. The quantitative estimate of drug-likeness (QED) is 0.779. The van der Waals surface area contributed by atoms with E-state index in [0.717, 1.165) is 11.3 Å². The number of primary amides is 1. The highest BCUT2D eigenvalue weighted by atomic mass is 16.2. The van der Waals surface area contributed by atoms with Gasteiger partial charge in [0.2, 0.25) is 5.91 Å². The zero-order valence-electron chi connectivity index (χ0n) is 14.2. The van der Waals surface area contributed by atoms with Gasteiger partial charge in [-0.15, -0.1) is 0 Å². The fraction of sp³-hybridized carbons (Fsp3) is 0.263. The van der Waals surface area contributed by atoms with Crippen LogP contribution in [0.25, 0.3) is 16.9 Å². The van der Waals surface area contributed by atoms with Crippen molar-refractivity contribution in [2.45, 2.75) is 12.8 Å². The monoisotopic (exact) mass is 349 g/mol. The lowest BCUT2D eigenvalue weighted by molar-refractivity contribution is -0.123. The molecule has 7 nitrogen and oxygen atoms in total. The number of nitrogens with two attached hydrogens (primary N) is 1. The van der Waals surface area contributed by atoms with Crippen molar-refractivity contribution in [2.24, 2.45) is 11.7 Å². The van der Waals surface area contributed by atoms with Gasteiger partial charge in [0.15, 0.2) is 5.65 Å². The Kier molecular flexibility index (Phi) is 4.12. The SMILES string of the molecule is NC(=O)C1CCN(C(=O)c2cnn3c(-c4ccccc4)ccnc23)CC1. The molecule has 4 rings (SSSR count). The molecule has 0 atom stereocenters. The first-order valence-electron chi connectivity index (χ1n) is 8.62. The normalized spacial score (nSPS) is 15.3. The highest BCUT2D eigenvalue weighted by Gasteiger charge is 2.28. The van der Waals surface area contributed by atoms with Crippen LogP contribution in [0.2, 0.25) is 0 Å². The number of carbonyl (C=O) groups is 2. The first-order chi connectivity index (χ1) is 12.6. The number of hydrogen-bond acceptors (Lipinski definition) is 4. The van der Waals surface area contributed by atoms with Crippen LogP contribution in [0.5, 0.6) is 0 Å². The van der Waals surface area contributed by atoms with E-state index in [-0.39, 0.29) is 17.7 Å². The fourth-order valence-electron chi connectivity index (χ4n) is 3.41. The smallest absolute Gasteiger partial charge is 0.259 e. The van der Waals surface area contributed by atoms with E-state index in [1.54, 1.807) is 21.8 Å². The van der Waals surface area contributed by atoms with Gasteiger partial charge in [-0.2, -0.15) is 5.10 Å². The lowest BCUT2D eigenvalue weighted by atomic mass is 9.96. The molecular formula is C19H19N5O2. The average molecular weight is 349 g/mol. The molecule has 2 aromatic heterocycles. The maximum atomic E-state index is 12.9. The van der Waals surface area contributed by atoms with Gasteiger partial charge >= 0.3 is 0 Å². The number of rotatable bonds is 3. The Morgan fingerprint density at radius 1 is 1.08 bits per heavy atom. The molecule has 1 aliphatic heterocycles. The number of benzene rings is 1. The summed E-state index contributed by atoms with van der Waals surface area (Å²) >= 11 is 0. The third kappa shape index (κ3) is 2.81. The summed E-state index contributed by atoms with van der Waals surface area (Å²) in [6, 6.07) is 11.7. The third-order valence-electron chi connectivity index (χ3n) is 4.89. The van der Waals surface area contributed by atoms with Crippen LogP contribution in [0.3, 0.4) is 0 Å². The summed E-state index contributed by atoms with van der Waals surface area (Å²) in [6.07, 6.45) is 4.46. The lowest BCUT2D eigenvalue weighted by Gasteiger charge is -2.30. The van der Waals surface area contributed by atoms with Crippen molar-refractivity contribution in [1.82, 2.24) is 19.5 Å². The Bertz CT molecular complexity index is 958. The summed E-state index contributed by atoms with van der Waals surface area (Å²) < 4.78 is 1.69. The van der Waals surface area contributed by atoms with E-state index in [2.05, 4.69) is 10.1 Å². The number of hydrogen-bond donors (Lipinski definition) is 1. The van der Waals surface area contributed by atoms with Gasteiger partial charge in [0, 0.05) is 30.8 Å². The lowest BCUT2D eigenvalue weighted by Crippen LogP contribution is -2.41. The third-order valence-corrected chi connectivity index (χ3v) is 4.89. The van der Waals surface area contributed by atoms with E-state index in [0.29, 0.717) is 37.1 Å². The summed E-state index contributed by atoms with van der Waals surface area (Å²) in [7, 11) is 0. The molecule has 0 bridgehead atoms. The van der Waals surface area contributed by atoms with Gasteiger partial charge in [-0.25, -0.2) is 9.50 Å². The van der Waals surface area contributed by atoms with Crippen LogP contribution in [0.1, 0.15) is 23.2 Å². The molecular weight excluding hydrogens is 330 g/mol. The van der Waals surface area contributed by atoms with E-state index in [1.165, 1.54) is 0 Å². The molecule has 7 heteroatoms. The van der Waals surface area contributed by atoms with E-state index in [9.17, 15) is 9.59 Å². The highest BCUT2D eigenvalue weighted by molar-refractivity contribution is 6.00. The van der Waals surface area contributed by atoms with Gasteiger partial charge in [0.05, 0.1) is 11.9 Å². The molecule has 0 spiro atoms. The topological polar surface area (TPSA) is 93.6 Å². The van der Waals surface area contributed by atoms with Crippen molar-refractivity contribution in [3.8, 4) is 11.3 Å². The summed E-state index contributed by atoms with van der Waals surface area (Å²) in [5.41, 5.74) is 8.25. The molecule has 1 aromatic carbocycles. The Labute approximate surface area is 150 Å². The molecule has 0 saturated carbocycles. The second-order valence-electron chi connectivity index (χ2n) is 6.46. The molecule has 1 saturated heterocycles. The van der Waals surface area contributed by atoms with Crippen LogP contribution >= 0.6 is 0 Å². The highest BCUT2D eigenvalue weighted by Crippen LogP contribution is 2.23. The van der Waals surface area contributed by atoms with Gasteiger partial charge in [0.25, 0.3) is 5.91 Å². The predicted molar refractivity (Wildman–Crippen MR) is 96.2 cm³/mol. The maximum absolute atomic E-state index is 12.9. The Morgan fingerprint density at radius 3 is 2.50 bits per heavy atom. The molecule has 3 aromatic rings. The predicted octanol–water partition coefficient (Wildman–Crippen LogP) is 1.73. The van der Waals surface area contributed by atoms with E-state index >= 15 is 0 Å². The van der Waals surface area contributed by atoms with Crippen molar-refractivity contribution in [1.29, 1.82) is 0 Å². The fourth-order valence-corrected chi connectivity index (χ4v) is 3.41. The number of amides is 2. The summed E-state index contributed by atoms with van der Waals surface area (Å²) in [5, 5.41) is 4.39. The van der Waals surface area contributed by atoms with Crippen LogP contribution in [-0.2, 0) is 4.79 Å². The number of piperidine rings is 1. The van der Waals surface area contributed by atoms with E-state index in [1.807, 2.05) is 36.4 Å². The largest absolute Gasteiger partial charge is 0.369 e. The molecule has 0 unspecified atom stereocenters. The van der Waals surface area contributed by atoms with E-state index < -0.39 is 0 Å². The Hall–Kier alpha value is -3.22. The van der Waals surface area contributed by atoms with Crippen LogP contribution in [0, 0.1) is 5.92 Å². The minimum absolute atomic E-state index is 0.111. The molecule has 2 amide bonds. The maximum Gasteiger partial charge on any atom is 0.259 e. The summed E-state index contributed by atoms with van der Waals surface area (Å²) in [4.78, 5) is 30.3. The average Bonchev–Trinajstić information content (AvgIpc) is 3.12. The van der Waals surface area contributed by atoms with Gasteiger partial charge in [0.1, 0.15) is 5.56 Å². The van der Waals surface area contributed by atoms with Gasteiger partial charge in [-0.05, 0) is 18.9 Å². The number of aromatic nitrogens is 3. The Balaban J connectivity index is 1.64. The zero-order chi connectivity index (χ0) is 18.1. The number of nitrogens with zero attached hydrogens (tertiary/aromatic N) is 4. The molecule has 2 N–H and O–H groups in total. The molecule has 132 valence electrons. The van der Waals surface area contributed by atoms with Crippen LogP contribution in [0.15, 0.2) is 48.8 Å². The van der Waals surface area contributed by atoms with Crippen LogP contribution in [0.4, 0.5) is 0 Å². The molecule has 1 aliphatic rings. The number of fused-ring (bicyclic) bond motifs is 1. The van der Waals surface area contributed by atoms with Crippen LogP contribution in [-0.4, -0.2) is 44.4 Å². The molecule has 0 radical (unpaired) electrons. The zero-order valence-corrected chi connectivity index (χ0v) is 14.2. The summed E-state index contributed by atoms with van der Waals surface area (Å²) in [6.45, 7) is 1.03. The number of likely N-dealkylation sites (tertiary alicyclic amines) is 1. The van der Waals surface area contributed by atoms with Crippen molar-refractivity contribution in [3.05, 3.63) is 54.4 Å².